The Hall–Kier alpha value is -1.78. The van der Waals surface area contributed by atoms with E-state index in [0.29, 0.717) is 11.9 Å². The van der Waals surface area contributed by atoms with Gasteiger partial charge >= 0.3 is 0 Å². The Morgan fingerprint density at radius 2 is 2.07 bits per heavy atom. The third-order valence-corrected chi connectivity index (χ3v) is 2.45. The number of nitrogen functional groups attached to an aromatic ring is 1. The molecule has 0 aliphatic carbocycles. The van der Waals surface area contributed by atoms with E-state index in [4.69, 9.17) is 5.73 Å². The lowest BCUT2D eigenvalue weighted by Crippen LogP contribution is -2.03. The number of hydrogen-bond donors (Lipinski definition) is 1. The first-order chi connectivity index (χ1) is 7.11. The molecule has 2 N–H and O–H groups in total. The molecular weight excluding hydrogens is 190 g/mol. The molecule has 2 heterocycles. The number of aryl methyl sites for hydroxylation is 1. The minimum Gasteiger partial charge on any atom is -0.383 e. The molecule has 5 nitrogen and oxygen atoms in total. The van der Waals surface area contributed by atoms with Crippen LogP contribution >= 0.6 is 0 Å². The molecule has 0 fully saturated rings. The fourth-order valence-corrected chi connectivity index (χ4v) is 1.54. The molecular formula is C10H15N5. The van der Waals surface area contributed by atoms with Gasteiger partial charge in [0.1, 0.15) is 11.5 Å². The van der Waals surface area contributed by atoms with E-state index < -0.39 is 0 Å². The molecule has 0 unspecified atom stereocenters. The number of hydrogen-bond acceptors (Lipinski definition) is 3. The van der Waals surface area contributed by atoms with E-state index >= 15 is 0 Å². The highest BCUT2D eigenvalue weighted by Crippen LogP contribution is 2.25. The SMILES string of the molecule is CC(C)n1cncc1-c1ncn(C)c1N. The van der Waals surface area contributed by atoms with E-state index in [1.54, 1.807) is 23.4 Å². The summed E-state index contributed by atoms with van der Waals surface area (Å²) >= 11 is 0. The van der Waals surface area contributed by atoms with Crippen LogP contribution in [0.4, 0.5) is 5.82 Å². The van der Waals surface area contributed by atoms with Crippen LogP contribution < -0.4 is 5.73 Å². The summed E-state index contributed by atoms with van der Waals surface area (Å²) in [5.41, 5.74) is 7.68. The predicted molar refractivity (Wildman–Crippen MR) is 59.2 cm³/mol. The highest BCUT2D eigenvalue weighted by Gasteiger charge is 2.13. The van der Waals surface area contributed by atoms with Gasteiger partial charge in [0.15, 0.2) is 0 Å². The number of anilines is 1. The molecule has 0 aromatic carbocycles. The van der Waals surface area contributed by atoms with Crippen LogP contribution in [0.1, 0.15) is 19.9 Å². The second-order valence-electron chi connectivity index (χ2n) is 3.87. The van der Waals surface area contributed by atoms with Gasteiger partial charge in [0.25, 0.3) is 0 Å². The second kappa shape index (κ2) is 3.42. The molecule has 2 aromatic heterocycles. The molecule has 2 aromatic rings. The van der Waals surface area contributed by atoms with Crippen molar-refractivity contribution in [3.63, 3.8) is 0 Å². The van der Waals surface area contributed by atoms with Gasteiger partial charge in [-0.1, -0.05) is 0 Å². The minimum atomic E-state index is 0.351. The summed E-state index contributed by atoms with van der Waals surface area (Å²) in [6, 6.07) is 0.351. The summed E-state index contributed by atoms with van der Waals surface area (Å²) in [6.45, 7) is 4.20. The summed E-state index contributed by atoms with van der Waals surface area (Å²) in [5.74, 6) is 0.664. The zero-order chi connectivity index (χ0) is 11.0. The average Bonchev–Trinajstić information content (AvgIpc) is 2.75. The van der Waals surface area contributed by atoms with Crippen LogP contribution in [-0.2, 0) is 7.05 Å². The van der Waals surface area contributed by atoms with Crippen LogP contribution in [0.3, 0.4) is 0 Å². The van der Waals surface area contributed by atoms with Crippen molar-refractivity contribution in [2.45, 2.75) is 19.9 Å². The third kappa shape index (κ3) is 1.49. The molecule has 0 amide bonds. The van der Waals surface area contributed by atoms with E-state index in [2.05, 4.69) is 28.4 Å². The molecule has 0 saturated heterocycles. The molecule has 0 radical (unpaired) electrons. The van der Waals surface area contributed by atoms with Gasteiger partial charge in [-0.2, -0.15) is 0 Å². The molecule has 0 spiro atoms. The van der Waals surface area contributed by atoms with Crippen LogP contribution in [-0.4, -0.2) is 19.1 Å². The Morgan fingerprint density at radius 1 is 1.33 bits per heavy atom. The largest absolute Gasteiger partial charge is 0.383 e. The van der Waals surface area contributed by atoms with E-state index in [0.717, 1.165) is 11.4 Å². The Balaban J connectivity index is 2.54. The molecule has 0 bridgehead atoms. The molecule has 2 rings (SSSR count). The lowest BCUT2D eigenvalue weighted by molar-refractivity contribution is 0.605. The molecule has 0 atom stereocenters. The second-order valence-corrected chi connectivity index (χ2v) is 3.87. The Bertz CT molecular complexity index is 466. The normalized spacial score (nSPS) is 11.2. The smallest absolute Gasteiger partial charge is 0.132 e. The number of rotatable bonds is 2. The monoisotopic (exact) mass is 205 g/mol. The van der Waals surface area contributed by atoms with Crippen molar-refractivity contribution in [2.24, 2.45) is 7.05 Å². The average molecular weight is 205 g/mol. The van der Waals surface area contributed by atoms with Crippen molar-refractivity contribution in [3.8, 4) is 11.4 Å². The fourth-order valence-electron chi connectivity index (χ4n) is 1.54. The number of nitrogens with two attached hydrogens (primary N) is 1. The standard InChI is InChI=1S/C10H15N5/c1-7(2)15-5-12-4-8(15)9-10(11)14(3)6-13-9/h4-7H,11H2,1-3H3. The van der Waals surface area contributed by atoms with E-state index in [1.165, 1.54) is 0 Å². The van der Waals surface area contributed by atoms with Crippen LogP contribution in [0, 0.1) is 0 Å². The Kier molecular flexibility index (Phi) is 2.22. The summed E-state index contributed by atoms with van der Waals surface area (Å²) in [4.78, 5) is 8.41. The van der Waals surface area contributed by atoms with E-state index in [1.807, 2.05) is 7.05 Å². The van der Waals surface area contributed by atoms with Gasteiger partial charge in [0, 0.05) is 13.1 Å². The molecule has 15 heavy (non-hydrogen) atoms. The van der Waals surface area contributed by atoms with Gasteiger partial charge in [-0.3, -0.25) is 0 Å². The van der Waals surface area contributed by atoms with E-state index in [-0.39, 0.29) is 0 Å². The molecule has 0 aliphatic rings. The zero-order valence-corrected chi connectivity index (χ0v) is 9.18. The maximum Gasteiger partial charge on any atom is 0.132 e. The van der Waals surface area contributed by atoms with Crippen molar-refractivity contribution in [1.82, 2.24) is 19.1 Å². The van der Waals surface area contributed by atoms with E-state index in [9.17, 15) is 0 Å². The summed E-state index contributed by atoms with van der Waals surface area (Å²) in [6.07, 6.45) is 5.30. The van der Waals surface area contributed by atoms with Gasteiger partial charge in [0.2, 0.25) is 0 Å². The lowest BCUT2D eigenvalue weighted by atomic mass is 10.3. The van der Waals surface area contributed by atoms with Crippen LogP contribution in [0.5, 0.6) is 0 Å². The first-order valence-corrected chi connectivity index (χ1v) is 4.90. The maximum absolute atomic E-state index is 5.92. The lowest BCUT2D eigenvalue weighted by Gasteiger charge is -2.10. The van der Waals surface area contributed by atoms with Crippen LogP contribution in [0.25, 0.3) is 11.4 Å². The molecule has 5 heteroatoms. The summed E-state index contributed by atoms with van der Waals surface area (Å²) in [5, 5.41) is 0. The first-order valence-electron chi connectivity index (χ1n) is 4.90. The molecule has 0 aliphatic heterocycles. The topological polar surface area (TPSA) is 61.7 Å². The maximum atomic E-state index is 5.92. The summed E-state index contributed by atoms with van der Waals surface area (Å²) in [7, 11) is 1.88. The molecule has 80 valence electrons. The highest BCUT2D eigenvalue weighted by molar-refractivity contribution is 5.67. The minimum absolute atomic E-state index is 0.351. The van der Waals surface area contributed by atoms with Crippen LogP contribution in [0.2, 0.25) is 0 Å². The van der Waals surface area contributed by atoms with Gasteiger partial charge in [-0.15, -0.1) is 0 Å². The Morgan fingerprint density at radius 3 is 2.60 bits per heavy atom. The number of nitrogens with zero attached hydrogens (tertiary/aromatic N) is 4. The predicted octanol–water partition coefficient (Wildman–Crippen LogP) is 1.45. The highest BCUT2D eigenvalue weighted by atomic mass is 15.1. The number of aromatic nitrogens is 4. The fraction of sp³-hybridized carbons (Fsp3) is 0.400. The Labute approximate surface area is 88.6 Å². The van der Waals surface area contributed by atoms with Crippen molar-refractivity contribution in [3.05, 3.63) is 18.9 Å². The third-order valence-electron chi connectivity index (χ3n) is 2.45. The first kappa shape index (κ1) is 9.76. The van der Waals surface area contributed by atoms with Crippen molar-refractivity contribution >= 4 is 5.82 Å². The van der Waals surface area contributed by atoms with Crippen molar-refractivity contribution in [1.29, 1.82) is 0 Å². The number of imidazole rings is 2. The van der Waals surface area contributed by atoms with Gasteiger partial charge in [-0.05, 0) is 13.8 Å². The van der Waals surface area contributed by atoms with Gasteiger partial charge < -0.3 is 14.9 Å². The van der Waals surface area contributed by atoms with Gasteiger partial charge in [0.05, 0.1) is 24.5 Å². The van der Waals surface area contributed by atoms with Crippen molar-refractivity contribution < 1.29 is 0 Å². The van der Waals surface area contributed by atoms with Gasteiger partial charge in [-0.25, -0.2) is 9.97 Å². The van der Waals surface area contributed by atoms with Crippen molar-refractivity contribution in [2.75, 3.05) is 5.73 Å². The molecule has 0 saturated carbocycles. The zero-order valence-electron chi connectivity index (χ0n) is 9.18. The summed E-state index contributed by atoms with van der Waals surface area (Å²) < 4.78 is 3.85. The van der Waals surface area contributed by atoms with Crippen LogP contribution in [0.15, 0.2) is 18.9 Å². The quantitative estimate of drug-likeness (QED) is 0.807.